The third kappa shape index (κ3) is 6.15. The standard InChI is InChI=1S/C25H26NO8P/c1-16-3-2-4-18(11-16)33-19-6-7-20-23(13-19)34-22-8-5-17(12-21(22)24(20)28)9-10-25(26,14-27)15-32-35(29,30)31/h2-8,11-13,27H,9-10,14-15,26H2,1H3,(H2,29,30,31). The van der Waals surface area contributed by atoms with Gasteiger partial charge in [-0.05, 0) is 67.3 Å². The molecule has 0 amide bonds. The topological polar surface area (TPSA) is 152 Å². The molecule has 9 nitrogen and oxygen atoms in total. The predicted molar refractivity (Wildman–Crippen MR) is 132 cm³/mol. The highest BCUT2D eigenvalue weighted by atomic mass is 31.2. The van der Waals surface area contributed by atoms with Crippen LogP contribution in [0.3, 0.4) is 0 Å². The Bertz CT molecular complexity index is 1480. The highest BCUT2D eigenvalue weighted by Gasteiger charge is 2.28. The van der Waals surface area contributed by atoms with E-state index in [1.54, 1.807) is 36.4 Å². The second-order valence-corrected chi connectivity index (χ2v) is 9.86. The second kappa shape index (κ2) is 9.91. The van der Waals surface area contributed by atoms with Gasteiger partial charge in [0.15, 0.2) is 0 Å². The summed E-state index contributed by atoms with van der Waals surface area (Å²) in [6.07, 6.45) is 0.520. The molecule has 5 N–H and O–H groups in total. The van der Waals surface area contributed by atoms with E-state index in [4.69, 9.17) is 24.7 Å². The van der Waals surface area contributed by atoms with Crippen LogP contribution in [0.4, 0.5) is 0 Å². The van der Waals surface area contributed by atoms with E-state index in [9.17, 15) is 14.5 Å². The molecule has 0 fully saturated rings. The number of hydrogen-bond acceptors (Lipinski definition) is 7. The van der Waals surface area contributed by atoms with Gasteiger partial charge in [0.25, 0.3) is 0 Å². The van der Waals surface area contributed by atoms with Gasteiger partial charge in [0.2, 0.25) is 5.43 Å². The summed E-state index contributed by atoms with van der Waals surface area (Å²) in [5.41, 5.74) is 7.12. The first-order chi connectivity index (χ1) is 16.5. The summed E-state index contributed by atoms with van der Waals surface area (Å²) in [6, 6.07) is 17.8. The van der Waals surface area contributed by atoms with Crippen molar-refractivity contribution in [3.8, 4) is 11.5 Å². The van der Waals surface area contributed by atoms with Crippen molar-refractivity contribution in [2.75, 3.05) is 13.2 Å². The monoisotopic (exact) mass is 499 g/mol. The molecule has 10 heteroatoms. The van der Waals surface area contributed by atoms with Crippen molar-refractivity contribution in [2.45, 2.75) is 25.3 Å². The van der Waals surface area contributed by atoms with E-state index in [2.05, 4.69) is 4.52 Å². The lowest BCUT2D eigenvalue weighted by atomic mass is 9.93. The zero-order chi connectivity index (χ0) is 25.2. The molecule has 35 heavy (non-hydrogen) atoms. The average Bonchev–Trinajstić information content (AvgIpc) is 2.81. The van der Waals surface area contributed by atoms with Gasteiger partial charge in [0, 0.05) is 6.07 Å². The van der Waals surface area contributed by atoms with E-state index in [0.717, 1.165) is 11.1 Å². The number of phosphoric acid groups is 1. The minimum Gasteiger partial charge on any atom is -0.457 e. The molecule has 0 aliphatic rings. The van der Waals surface area contributed by atoms with E-state index in [1.165, 1.54) is 0 Å². The van der Waals surface area contributed by atoms with Crippen molar-refractivity contribution >= 4 is 29.8 Å². The zero-order valence-corrected chi connectivity index (χ0v) is 19.9. The lowest BCUT2D eigenvalue weighted by Crippen LogP contribution is -2.48. The van der Waals surface area contributed by atoms with Crippen LogP contribution in [0.25, 0.3) is 21.9 Å². The molecule has 1 atom stereocenters. The normalized spacial score (nSPS) is 13.7. The minimum absolute atomic E-state index is 0.174. The summed E-state index contributed by atoms with van der Waals surface area (Å²) in [4.78, 5) is 30.9. The van der Waals surface area contributed by atoms with Crippen molar-refractivity contribution in [1.82, 2.24) is 0 Å². The van der Waals surface area contributed by atoms with Crippen LogP contribution in [-0.4, -0.2) is 33.6 Å². The van der Waals surface area contributed by atoms with Gasteiger partial charge < -0.3 is 29.8 Å². The van der Waals surface area contributed by atoms with Crippen LogP contribution in [0.5, 0.6) is 11.5 Å². The Morgan fingerprint density at radius 1 is 1.00 bits per heavy atom. The first kappa shape index (κ1) is 25.1. The molecule has 0 radical (unpaired) electrons. The highest BCUT2D eigenvalue weighted by molar-refractivity contribution is 7.46. The van der Waals surface area contributed by atoms with Crippen LogP contribution >= 0.6 is 7.82 Å². The van der Waals surface area contributed by atoms with E-state index < -0.39 is 26.6 Å². The minimum atomic E-state index is -4.71. The molecular weight excluding hydrogens is 473 g/mol. The number of hydrogen-bond donors (Lipinski definition) is 4. The lowest BCUT2D eigenvalue weighted by molar-refractivity contribution is 0.102. The number of nitrogens with two attached hydrogens (primary N) is 1. The third-order valence-corrected chi connectivity index (χ3v) is 6.14. The van der Waals surface area contributed by atoms with Crippen LogP contribution in [-0.2, 0) is 15.5 Å². The molecule has 0 bridgehead atoms. The Balaban J connectivity index is 1.58. The zero-order valence-electron chi connectivity index (χ0n) is 19.0. The fraction of sp³-hybridized carbons (Fsp3) is 0.240. The number of aliphatic hydroxyl groups excluding tert-OH is 1. The van der Waals surface area contributed by atoms with Gasteiger partial charge >= 0.3 is 7.82 Å². The molecule has 184 valence electrons. The number of phosphoric ester groups is 1. The van der Waals surface area contributed by atoms with Crippen LogP contribution in [0.15, 0.2) is 69.9 Å². The van der Waals surface area contributed by atoms with Crippen LogP contribution < -0.4 is 15.9 Å². The van der Waals surface area contributed by atoms with Crippen molar-refractivity contribution in [3.05, 3.63) is 82.0 Å². The summed E-state index contributed by atoms with van der Waals surface area (Å²) in [5, 5.41) is 10.4. The van der Waals surface area contributed by atoms with E-state index >= 15 is 0 Å². The number of rotatable bonds is 9. The Labute approximate surface area is 201 Å². The quantitative estimate of drug-likeness (QED) is 0.199. The van der Waals surface area contributed by atoms with Crippen molar-refractivity contribution < 1.29 is 33.1 Å². The summed E-state index contributed by atoms with van der Waals surface area (Å²) in [5.74, 6) is 1.23. The van der Waals surface area contributed by atoms with Crippen LogP contribution in [0.1, 0.15) is 17.5 Å². The Morgan fingerprint density at radius 3 is 2.49 bits per heavy atom. The van der Waals surface area contributed by atoms with Crippen molar-refractivity contribution in [2.24, 2.45) is 5.73 Å². The van der Waals surface area contributed by atoms with Gasteiger partial charge in [-0.15, -0.1) is 0 Å². The largest absolute Gasteiger partial charge is 0.469 e. The molecule has 1 heterocycles. The van der Waals surface area contributed by atoms with E-state index in [0.29, 0.717) is 39.9 Å². The van der Waals surface area contributed by atoms with Gasteiger partial charge in [-0.2, -0.15) is 0 Å². The highest BCUT2D eigenvalue weighted by Crippen LogP contribution is 2.37. The Morgan fingerprint density at radius 2 is 1.77 bits per heavy atom. The number of ether oxygens (including phenoxy) is 1. The molecular formula is C25H26NO8P. The summed E-state index contributed by atoms with van der Waals surface area (Å²) in [6.45, 7) is 0.932. The van der Waals surface area contributed by atoms with Gasteiger partial charge in [-0.1, -0.05) is 18.2 Å². The first-order valence-corrected chi connectivity index (χ1v) is 12.4. The van der Waals surface area contributed by atoms with Crippen LogP contribution in [0.2, 0.25) is 0 Å². The maximum atomic E-state index is 13.2. The molecule has 3 aromatic carbocycles. The average molecular weight is 499 g/mol. The number of benzene rings is 3. The number of fused-ring (bicyclic) bond motifs is 2. The van der Waals surface area contributed by atoms with E-state index in [1.807, 2.05) is 31.2 Å². The van der Waals surface area contributed by atoms with Crippen molar-refractivity contribution in [3.63, 3.8) is 0 Å². The smallest absolute Gasteiger partial charge is 0.457 e. The maximum absolute atomic E-state index is 13.2. The maximum Gasteiger partial charge on any atom is 0.469 e. The lowest BCUT2D eigenvalue weighted by Gasteiger charge is -2.27. The molecule has 0 spiro atoms. The first-order valence-electron chi connectivity index (χ1n) is 10.9. The van der Waals surface area contributed by atoms with Gasteiger partial charge in [-0.25, -0.2) is 4.57 Å². The fourth-order valence-corrected chi connectivity index (χ4v) is 4.14. The molecule has 4 aromatic rings. The molecule has 0 saturated heterocycles. The van der Waals surface area contributed by atoms with Crippen LogP contribution in [0, 0.1) is 6.92 Å². The van der Waals surface area contributed by atoms with Gasteiger partial charge in [0.05, 0.1) is 29.5 Å². The van der Waals surface area contributed by atoms with E-state index in [-0.39, 0.29) is 11.8 Å². The number of aliphatic hydroxyl groups is 1. The molecule has 4 rings (SSSR count). The van der Waals surface area contributed by atoms with Gasteiger partial charge in [-0.3, -0.25) is 9.32 Å². The third-order valence-electron chi connectivity index (χ3n) is 5.68. The Kier molecular flexibility index (Phi) is 7.10. The summed E-state index contributed by atoms with van der Waals surface area (Å²) >= 11 is 0. The molecule has 0 aliphatic carbocycles. The number of aryl methyl sites for hydroxylation is 2. The second-order valence-electron chi connectivity index (χ2n) is 8.62. The molecule has 0 aliphatic heterocycles. The molecule has 0 saturated carbocycles. The van der Waals surface area contributed by atoms with Gasteiger partial charge in [0.1, 0.15) is 22.7 Å². The molecule has 1 unspecified atom stereocenters. The summed E-state index contributed by atoms with van der Waals surface area (Å²) < 4.78 is 27.3. The molecule has 1 aromatic heterocycles. The fourth-order valence-electron chi connectivity index (χ4n) is 3.72. The Hall–Kier alpha value is -3.04. The summed E-state index contributed by atoms with van der Waals surface area (Å²) in [7, 11) is -4.71. The predicted octanol–water partition coefficient (Wildman–Crippen LogP) is 3.78. The SMILES string of the molecule is Cc1cccc(Oc2ccc3c(=O)c4cc(CCC(N)(CO)COP(=O)(O)O)ccc4oc3c2)c1. The van der Waals surface area contributed by atoms with Crippen molar-refractivity contribution in [1.29, 1.82) is 0 Å².